The molecule has 150 valence electrons. The van der Waals surface area contributed by atoms with Gasteiger partial charge < -0.3 is 4.90 Å². The average Bonchev–Trinajstić information content (AvgIpc) is 3.09. The summed E-state index contributed by atoms with van der Waals surface area (Å²) in [7, 11) is -3.55. The molecule has 1 heterocycles. The zero-order valence-electron chi connectivity index (χ0n) is 16.7. The quantitative estimate of drug-likeness (QED) is 0.771. The van der Waals surface area contributed by atoms with Gasteiger partial charge in [-0.3, -0.25) is 4.79 Å². The topological polar surface area (TPSA) is 66.5 Å². The highest BCUT2D eigenvalue weighted by atomic mass is 32.2. The summed E-state index contributed by atoms with van der Waals surface area (Å²) in [5.41, 5.74) is 4.05. The molecule has 1 amide bonds. The molecule has 0 saturated heterocycles. The minimum atomic E-state index is -3.55. The number of anilines is 1. The van der Waals surface area contributed by atoms with Gasteiger partial charge in [0.05, 0.1) is 4.90 Å². The van der Waals surface area contributed by atoms with Crippen molar-refractivity contribution in [1.29, 1.82) is 0 Å². The number of carbonyl (C=O) groups excluding carboxylic acids is 1. The molecule has 2 aromatic carbocycles. The van der Waals surface area contributed by atoms with Crippen molar-refractivity contribution in [2.24, 2.45) is 5.92 Å². The third-order valence-electron chi connectivity index (χ3n) is 5.03. The second-order valence-electron chi connectivity index (χ2n) is 7.68. The highest BCUT2D eigenvalue weighted by molar-refractivity contribution is 7.89. The van der Waals surface area contributed by atoms with Gasteiger partial charge in [-0.1, -0.05) is 45.0 Å². The van der Waals surface area contributed by atoms with Crippen molar-refractivity contribution in [3.05, 3.63) is 59.2 Å². The number of amides is 1. The summed E-state index contributed by atoms with van der Waals surface area (Å²) >= 11 is 0. The number of benzene rings is 2. The Morgan fingerprint density at radius 1 is 1.11 bits per heavy atom. The molecule has 6 heteroatoms. The molecular weight excluding hydrogens is 372 g/mol. The Morgan fingerprint density at radius 2 is 1.79 bits per heavy atom. The van der Waals surface area contributed by atoms with Gasteiger partial charge in [-0.2, -0.15) is 0 Å². The number of hydrogen-bond acceptors (Lipinski definition) is 3. The van der Waals surface area contributed by atoms with Crippen LogP contribution in [0.1, 0.15) is 43.9 Å². The fourth-order valence-electron chi connectivity index (χ4n) is 3.45. The number of aryl methyl sites for hydroxylation is 1. The van der Waals surface area contributed by atoms with Crippen LogP contribution in [0.15, 0.2) is 47.4 Å². The van der Waals surface area contributed by atoms with Crippen molar-refractivity contribution in [1.82, 2.24) is 4.72 Å². The molecule has 0 fully saturated rings. The van der Waals surface area contributed by atoms with Gasteiger partial charge >= 0.3 is 0 Å². The van der Waals surface area contributed by atoms with Gasteiger partial charge in [-0.15, -0.1) is 0 Å². The lowest BCUT2D eigenvalue weighted by Gasteiger charge is -2.18. The molecular formula is C22H28N2O3S. The zero-order chi connectivity index (χ0) is 20.3. The fraction of sp³-hybridized carbons (Fsp3) is 0.409. The van der Waals surface area contributed by atoms with Crippen LogP contribution in [-0.2, 0) is 34.2 Å². The van der Waals surface area contributed by atoms with Crippen LogP contribution in [0, 0.1) is 5.92 Å². The van der Waals surface area contributed by atoms with Gasteiger partial charge in [0.2, 0.25) is 15.9 Å². The highest BCUT2D eigenvalue weighted by Crippen LogP contribution is 2.30. The van der Waals surface area contributed by atoms with Crippen molar-refractivity contribution in [3.63, 3.8) is 0 Å². The molecule has 1 aliphatic heterocycles. The predicted molar refractivity (Wildman–Crippen MR) is 112 cm³/mol. The normalized spacial score (nSPS) is 13.8. The first kappa shape index (κ1) is 20.6. The largest absolute Gasteiger partial charge is 0.312 e. The maximum Gasteiger partial charge on any atom is 0.240 e. The van der Waals surface area contributed by atoms with Crippen molar-refractivity contribution in [3.8, 4) is 0 Å². The second-order valence-corrected chi connectivity index (χ2v) is 9.45. The van der Waals surface area contributed by atoms with E-state index in [1.54, 1.807) is 12.1 Å². The van der Waals surface area contributed by atoms with E-state index in [4.69, 9.17) is 0 Å². The molecule has 0 spiro atoms. The van der Waals surface area contributed by atoms with E-state index in [9.17, 15) is 13.2 Å². The van der Waals surface area contributed by atoms with Gasteiger partial charge in [0.1, 0.15) is 0 Å². The van der Waals surface area contributed by atoms with Crippen molar-refractivity contribution in [2.45, 2.75) is 51.5 Å². The first-order valence-corrected chi connectivity index (χ1v) is 11.3. The number of sulfonamides is 1. The van der Waals surface area contributed by atoms with Crippen LogP contribution >= 0.6 is 0 Å². The molecule has 2 aromatic rings. The monoisotopic (exact) mass is 400 g/mol. The minimum absolute atomic E-state index is 0.151. The standard InChI is InChI=1S/C22H28N2O3S/c1-4-17-5-8-20(9-6-17)28(26,27)23-15-18-7-10-21-19(14-18)11-12-24(21)22(25)13-16(2)3/h5-10,14,16,23H,4,11-13,15H2,1-3H3. The van der Waals surface area contributed by atoms with Gasteiger partial charge in [0.25, 0.3) is 0 Å². The van der Waals surface area contributed by atoms with Crippen LogP contribution in [0.5, 0.6) is 0 Å². The molecule has 1 N–H and O–H groups in total. The molecule has 0 aromatic heterocycles. The van der Waals surface area contributed by atoms with Crippen molar-refractivity contribution >= 4 is 21.6 Å². The molecule has 5 nitrogen and oxygen atoms in total. The smallest absolute Gasteiger partial charge is 0.240 e. The Morgan fingerprint density at radius 3 is 2.43 bits per heavy atom. The van der Waals surface area contributed by atoms with E-state index >= 15 is 0 Å². The summed E-state index contributed by atoms with van der Waals surface area (Å²) in [6.45, 7) is 7.04. The average molecular weight is 401 g/mol. The second kappa shape index (κ2) is 8.45. The van der Waals surface area contributed by atoms with Gasteiger partial charge in [-0.25, -0.2) is 13.1 Å². The van der Waals surface area contributed by atoms with E-state index in [1.165, 1.54) is 0 Å². The number of nitrogens with one attached hydrogen (secondary N) is 1. The van der Waals surface area contributed by atoms with Crippen LogP contribution < -0.4 is 9.62 Å². The summed E-state index contributed by atoms with van der Waals surface area (Å²) in [5.74, 6) is 0.481. The van der Waals surface area contributed by atoms with Crippen LogP contribution in [0.2, 0.25) is 0 Å². The van der Waals surface area contributed by atoms with Crippen molar-refractivity contribution < 1.29 is 13.2 Å². The minimum Gasteiger partial charge on any atom is -0.312 e. The van der Waals surface area contributed by atoms with E-state index in [0.29, 0.717) is 18.9 Å². The summed E-state index contributed by atoms with van der Waals surface area (Å²) < 4.78 is 27.7. The van der Waals surface area contributed by atoms with Crippen LogP contribution in [-0.4, -0.2) is 20.9 Å². The molecule has 0 unspecified atom stereocenters. The van der Waals surface area contributed by atoms with Crippen molar-refractivity contribution in [2.75, 3.05) is 11.4 Å². The lowest BCUT2D eigenvalue weighted by molar-refractivity contribution is -0.119. The Hall–Kier alpha value is -2.18. The maximum absolute atomic E-state index is 12.5. The number of hydrogen-bond donors (Lipinski definition) is 1. The van der Waals surface area contributed by atoms with Crippen LogP contribution in [0.25, 0.3) is 0 Å². The van der Waals surface area contributed by atoms with Gasteiger partial charge in [0.15, 0.2) is 0 Å². The Bertz CT molecular complexity index is 950. The third-order valence-corrected chi connectivity index (χ3v) is 6.45. The predicted octanol–water partition coefficient (Wildman–Crippen LogP) is 3.66. The Kier molecular flexibility index (Phi) is 6.20. The van der Waals surface area contributed by atoms with E-state index in [-0.39, 0.29) is 17.3 Å². The summed E-state index contributed by atoms with van der Waals surface area (Å²) in [6, 6.07) is 12.8. The lowest BCUT2D eigenvalue weighted by atomic mass is 10.1. The molecule has 0 saturated carbocycles. The molecule has 0 aliphatic carbocycles. The molecule has 1 aliphatic rings. The van der Waals surface area contributed by atoms with E-state index in [1.807, 2.05) is 56.0 Å². The summed E-state index contributed by atoms with van der Waals surface area (Å²) in [6.07, 6.45) is 2.22. The molecule has 0 atom stereocenters. The highest BCUT2D eigenvalue weighted by Gasteiger charge is 2.25. The molecule has 28 heavy (non-hydrogen) atoms. The van der Waals surface area contributed by atoms with Gasteiger partial charge in [-0.05, 0) is 53.6 Å². The van der Waals surface area contributed by atoms with E-state index < -0.39 is 10.0 Å². The SMILES string of the molecule is CCc1ccc(S(=O)(=O)NCc2ccc3c(c2)CCN3C(=O)CC(C)C)cc1. The summed E-state index contributed by atoms with van der Waals surface area (Å²) in [5, 5.41) is 0. The molecule has 0 bridgehead atoms. The van der Waals surface area contributed by atoms with E-state index in [0.717, 1.165) is 35.2 Å². The molecule has 3 rings (SSSR count). The summed E-state index contributed by atoms with van der Waals surface area (Å²) in [4.78, 5) is 14.5. The Balaban J connectivity index is 1.68. The number of nitrogens with zero attached hydrogens (tertiary/aromatic N) is 1. The zero-order valence-corrected chi connectivity index (χ0v) is 17.6. The fourth-order valence-corrected chi connectivity index (χ4v) is 4.47. The maximum atomic E-state index is 12.5. The first-order valence-electron chi connectivity index (χ1n) is 9.81. The first-order chi connectivity index (χ1) is 13.3. The van der Waals surface area contributed by atoms with E-state index in [2.05, 4.69) is 4.72 Å². The number of rotatable bonds is 7. The number of carbonyl (C=O) groups is 1. The molecule has 0 radical (unpaired) electrons. The van der Waals surface area contributed by atoms with Crippen LogP contribution in [0.4, 0.5) is 5.69 Å². The third kappa shape index (κ3) is 4.62. The number of fused-ring (bicyclic) bond motifs is 1. The Labute approximate surface area is 167 Å². The lowest BCUT2D eigenvalue weighted by Crippen LogP contribution is -2.29. The van der Waals surface area contributed by atoms with Gasteiger partial charge in [0, 0.05) is 25.2 Å². The van der Waals surface area contributed by atoms with Crippen LogP contribution in [0.3, 0.4) is 0 Å².